The highest BCUT2D eigenvalue weighted by atomic mass is 14.9. The zero-order valence-corrected chi connectivity index (χ0v) is 11.9. The zero-order valence-electron chi connectivity index (χ0n) is 11.9. The average molecular weight is 251 g/mol. The average Bonchev–Trinajstić information content (AvgIpc) is 2.26. The van der Waals surface area contributed by atoms with Gasteiger partial charge in [0.25, 0.3) is 0 Å². The van der Waals surface area contributed by atoms with E-state index in [-0.39, 0.29) is 0 Å². The number of hydrogen-bond acceptors (Lipinski definition) is 1. The molecule has 19 heavy (non-hydrogen) atoms. The SMILES string of the molecule is Cc1cc(C)cc(N=[C-]Nc2cc(C)cc(C)c2)c1. The predicted molar refractivity (Wildman–Crippen MR) is 82.5 cm³/mol. The van der Waals surface area contributed by atoms with E-state index in [4.69, 9.17) is 0 Å². The van der Waals surface area contributed by atoms with Crippen LogP contribution in [0.5, 0.6) is 0 Å². The fourth-order valence-electron chi connectivity index (χ4n) is 2.22. The molecule has 0 aliphatic carbocycles. The Labute approximate surface area is 115 Å². The van der Waals surface area contributed by atoms with Crippen LogP contribution in [0.1, 0.15) is 22.3 Å². The maximum atomic E-state index is 4.32. The molecule has 0 bridgehead atoms. The van der Waals surface area contributed by atoms with Crippen molar-refractivity contribution in [2.75, 3.05) is 5.32 Å². The van der Waals surface area contributed by atoms with E-state index in [1.165, 1.54) is 22.3 Å². The molecule has 0 atom stereocenters. The van der Waals surface area contributed by atoms with Crippen molar-refractivity contribution in [1.82, 2.24) is 0 Å². The van der Waals surface area contributed by atoms with Gasteiger partial charge in [-0.1, -0.05) is 64.3 Å². The largest absolute Gasteiger partial charge is 0.452 e. The molecule has 1 N–H and O–H groups in total. The van der Waals surface area contributed by atoms with Crippen LogP contribution in [0.4, 0.5) is 11.4 Å². The lowest BCUT2D eigenvalue weighted by Gasteiger charge is -2.11. The van der Waals surface area contributed by atoms with Crippen LogP contribution in [0.25, 0.3) is 0 Å². The maximum absolute atomic E-state index is 4.32. The zero-order chi connectivity index (χ0) is 13.8. The van der Waals surface area contributed by atoms with Crippen molar-refractivity contribution in [2.45, 2.75) is 27.7 Å². The van der Waals surface area contributed by atoms with Crippen LogP contribution in [0.15, 0.2) is 41.4 Å². The third-order valence-corrected chi connectivity index (χ3v) is 2.81. The summed E-state index contributed by atoms with van der Waals surface area (Å²) in [6, 6.07) is 12.5. The summed E-state index contributed by atoms with van der Waals surface area (Å²) in [4.78, 5) is 4.32. The summed E-state index contributed by atoms with van der Waals surface area (Å²) in [5.41, 5.74) is 6.84. The molecule has 2 aromatic carbocycles. The molecule has 98 valence electrons. The first kappa shape index (κ1) is 13.3. The molecule has 2 nitrogen and oxygen atoms in total. The molecular weight excluding hydrogens is 232 g/mol. The molecular formula is C17H19N2-. The second-order valence-electron chi connectivity index (χ2n) is 5.07. The summed E-state index contributed by atoms with van der Waals surface area (Å²) in [7, 11) is 0. The smallest absolute Gasteiger partial charge is 0.000632 e. The Hall–Kier alpha value is -2.09. The summed E-state index contributed by atoms with van der Waals surface area (Å²) in [6.45, 7) is 8.31. The Morgan fingerprint density at radius 2 is 1.21 bits per heavy atom. The van der Waals surface area contributed by atoms with Crippen LogP contribution in [0, 0.1) is 27.7 Å². The van der Waals surface area contributed by atoms with Gasteiger partial charge in [-0.05, 0) is 33.4 Å². The van der Waals surface area contributed by atoms with Gasteiger partial charge in [-0.15, -0.1) is 0 Å². The molecule has 0 amide bonds. The quantitative estimate of drug-likeness (QED) is 0.367. The fourth-order valence-corrected chi connectivity index (χ4v) is 2.22. The van der Waals surface area contributed by atoms with Gasteiger partial charge >= 0.3 is 0 Å². The van der Waals surface area contributed by atoms with E-state index in [1.54, 1.807) is 0 Å². The first-order valence-electron chi connectivity index (χ1n) is 6.41. The Morgan fingerprint density at radius 3 is 1.74 bits per heavy atom. The molecule has 2 rings (SSSR count). The molecule has 0 spiro atoms. The van der Waals surface area contributed by atoms with Crippen molar-refractivity contribution >= 4 is 17.7 Å². The van der Waals surface area contributed by atoms with Crippen LogP contribution in [0.3, 0.4) is 0 Å². The van der Waals surface area contributed by atoms with Gasteiger partial charge in [-0.25, -0.2) is 0 Å². The van der Waals surface area contributed by atoms with E-state index in [0.29, 0.717) is 0 Å². The van der Waals surface area contributed by atoms with Gasteiger partial charge in [0, 0.05) is 6.34 Å². The highest BCUT2D eigenvalue weighted by molar-refractivity contribution is 5.78. The lowest BCUT2D eigenvalue weighted by molar-refractivity contribution is 1.36. The number of rotatable bonds is 3. The van der Waals surface area contributed by atoms with Gasteiger partial charge in [0.05, 0.1) is 0 Å². The topological polar surface area (TPSA) is 24.4 Å². The number of hydrogen-bond donors (Lipinski definition) is 1. The van der Waals surface area contributed by atoms with Crippen molar-refractivity contribution in [3.8, 4) is 0 Å². The summed E-state index contributed by atoms with van der Waals surface area (Å²) in [5, 5.41) is 3.10. The second-order valence-corrected chi connectivity index (χ2v) is 5.07. The number of aliphatic imine (C=N–C) groups is 1. The van der Waals surface area contributed by atoms with Crippen LogP contribution in [-0.4, -0.2) is 6.34 Å². The Kier molecular flexibility index (Phi) is 4.00. The van der Waals surface area contributed by atoms with E-state index in [1.807, 2.05) is 12.1 Å². The predicted octanol–water partition coefficient (Wildman–Crippen LogP) is 4.57. The van der Waals surface area contributed by atoms with Crippen molar-refractivity contribution < 1.29 is 0 Å². The molecule has 0 unspecified atom stereocenters. The molecule has 0 saturated heterocycles. The van der Waals surface area contributed by atoms with E-state index in [2.05, 4.69) is 68.6 Å². The number of benzene rings is 2. The summed E-state index contributed by atoms with van der Waals surface area (Å²) in [5.74, 6) is 0. The lowest BCUT2D eigenvalue weighted by atomic mass is 10.1. The van der Waals surface area contributed by atoms with E-state index < -0.39 is 0 Å². The highest BCUT2D eigenvalue weighted by Crippen LogP contribution is 2.17. The number of nitrogens with zero attached hydrogens (tertiary/aromatic N) is 1. The summed E-state index contributed by atoms with van der Waals surface area (Å²) < 4.78 is 0. The molecule has 0 aliphatic heterocycles. The van der Waals surface area contributed by atoms with Gasteiger partial charge in [0.1, 0.15) is 0 Å². The monoisotopic (exact) mass is 251 g/mol. The van der Waals surface area contributed by atoms with Crippen molar-refractivity contribution in [2.24, 2.45) is 4.99 Å². The number of anilines is 1. The minimum Gasteiger partial charge on any atom is -0.452 e. The van der Waals surface area contributed by atoms with E-state index >= 15 is 0 Å². The Bertz CT molecular complexity index is 572. The minimum atomic E-state index is 0.925. The van der Waals surface area contributed by atoms with Gasteiger partial charge in [-0.3, -0.25) is 0 Å². The maximum Gasteiger partial charge on any atom is 0.000632 e. The Morgan fingerprint density at radius 1 is 0.737 bits per heavy atom. The molecule has 0 saturated carbocycles. The molecule has 0 aliphatic rings. The summed E-state index contributed by atoms with van der Waals surface area (Å²) >= 11 is 0. The summed E-state index contributed by atoms with van der Waals surface area (Å²) in [6.07, 6.45) is 2.90. The van der Waals surface area contributed by atoms with Gasteiger partial charge in [0.15, 0.2) is 0 Å². The van der Waals surface area contributed by atoms with E-state index in [9.17, 15) is 0 Å². The highest BCUT2D eigenvalue weighted by Gasteiger charge is 1.89. The van der Waals surface area contributed by atoms with Gasteiger partial charge in [0.2, 0.25) is 0 Å². The fraction of sp³-hybridized carbons (Fsp3) is 0.235. The third-order valence-electron chi connectivity index (χ3n) is 2.81. The van der Waals surface area contributed by atoms with Crippen molar-refractivity contribution in [3.63, 3.8) is 0 Å². The molecule has 0 radical (unpaired) electrons. The molecule has 2 aromatic rings. The van der Waals surface area contributed by atoms with Crippen molar-refractivity contribution in [1.29, 1.82) is 0 Å². The van der Waals surface area contributed by atoms with E-state index in [0.717, 1.165) is 11.4 Å². The Balaban J connectivity index is 2.11. The third kappa shape index (κ3) is 3.95. The first-order chi connectivity index (χ1) is 9.02. The number of nitrogens with one attached hydrogen (secondary N) is 1. The van der Waals surface area contributed by atoms with Gasteiger partial charge < -0.3 is 10.3 Å². The van der Waals surface area contributed by atoms with Crippen LogP contribution >= 0.6 is 0 Å². The molecule has 0 aromatic heterocycles. The van der Waals surface area contributed by atoms with Gasteiger partial charge in [-0.2, -0.15) is 0 Å². The lowest BCUT2D eigenvalue weighted by Crippen LogP contribution is -1.95. The second kappa shape index (κ2) is 5.70. The standard InChI is InChI=1S/C17H19N2/c1-12-5-13(2)8-16(7-12)18-11-19-17-9-14(3)6-15(4)10-17/h5-10H,1-4H3,(H,18,19)/q-1. The normalized spacial score (nSPS) is 10.9. The molecule has 2 heteroatoms. The minimum absolute atomic E-state index is 0.925. The van der Waals surface area contributed by atoms with Crippen LogP contribution in [0.2, 0.25) is 0 Å². The molecule has 0 heterocycles. The molecule has 0 fully saturated rings. The first-order valence-corrected chi connectivity index (χ1v) is 6.41. The number of aryl methyl sites for hydroxylation is 4. The van der Waals surface area contributed by atoms with Crippen LogP contribution in [-0.2, 0) is 0 Å². The van der Waals surface area contributed by atoms with Crippen LogP contribution < -0.4 is 5.32 Å². The van der Waals surface area contributed by atoms with Crippen molar-refractivity contribution in [3.05, 3.63) is 58.7 Å².